The van der Waals surface area contributed by atoms with Gasteiger partial charge in [-0.15, -0.1) is 0 Å². The van der Waals surface area contributed by atoms with E-state index >= 15 is 0 Å². The Bertz CT molecular complexity index is 685. The van der Waals surface area contributed by atoms with Gasteiger partial charge >= 0.3 is 0 Å². The summed E-state index contributed by atoms with van der Waals surface area (Å²) < 4.78 is 5.80. The minimum atomic E-state index is -0.0539. The summed E-state index contributed by atoms with van der Waals surface area (Å²) in [7, 11) is 1.81. The SMILES string of the molecule is CN=C(NCCCc1c[nH]c2ccccc12)NCC1(C)CCCO1. The number of para-hydroxylation sites is 1. The quantitative estimate of drug-likeness (QED) is 0.434. The molecule has 2 heterocycles. The van der Waals surface area contributed by atoms with E-state index in [0.717, 1.165) is 51.3 Å². The highest BCUT2D eigenvalue weighted by Crippen LogP contribution is 2.23. The van der Waals surface area contributed by atoms with Crippen molar-refractivity contribution in [3.8, 4) is 0 Å². The van der Waals surface area contributed by atoms with E-state index in [4.69, 9.17) is 4.74 Å². The third-order valence-corrected chi connectivity index (χ3v) is 4.74. The van der Waals surface area contributed by atoms with Gasteiger partial charge in [-0.25, -0.2) is 0 Å². The number of aromatic amines is 1. The van der Waals surface area contributed by atoms with Crippen molar-refractivity contribution in [2.75, 3.05) is 26.7 Å². The summed E-state index contributed by atoms with van der Waals surface area (Å²) in [6, 6.07) is 8.45. The normalized spacial score (nSPS) is 21.3. The van der Waals surface area contributed by atoms with Gasteiger partial charge in [0.2, 0.25) is 0 Å². The summed E-state index contributed by atoms with van der Waals surface area (Å²) >= 11 is 0. The van der Waals surface area contributed by atoms with E-state index in [1.807, 2.05) is 7.05 Å². The monoisotopic (exact) mass is 328 g/mol. The number of benzene rings is 1. The number of aliphatic imine (C=N–C) groups is 1. The number of H-pyrrole nitrogens is 1. The molecule has 0 aliphatic carbocycles. The van der Waals surface area contributed by atoms with E-state index in [-0.39, 0.29) is 5.60 Å². The number of ether oxygens (including phenoxy) is 1. The zero-order valence-electron chi connectivity index (χ0n) is 14.7. The Morgan fingerprint density at radius 1 is 1.33 bits per heavy atom. The van der Waals surface area contributed by atoms with Gasteiger partial charge in [-0.05, 0) is 44.2 Å². The lowest BCUT2D eigenvalue weighted by molar-refractivity contribution is 0.0243. The lowest BCUT2D eigenvalue weighted by Gasteiger charge is -2.24. The smallest absolute Gasteiger partial charge is 0.191 e. The highest BCUT2D eigenvalue weighted by atomic mass is 16.5. The number of nitrogens with zero attached hydrogens (tertiary/aromatic N) is 1. The molecule has 3 rings (SSSR count). The second kappa shape index (κ2) is 7.71. The Balaban J connectivity index is 1.41. The van der Waals surface area contributed by atoms with Gasteiger partial charge in [-0.2, -0.15) is 0 Å². The fourth-order valence-electron chi connectivity index (χ4n) is 3.29. The molecule has 1 unspecified atom stereocenters. The summed E-state index contributed by atoms with van der Waals surface area (Å²) in [4.78, 5) is 7.63. The van der Waals surface area contributed by atoms with Crippen molar-refractivity contribution < 1.29 is 4.74 Å². The molecule has 0 amide bonds. The first-order valence-corrected chi connectivity index (χ1v) is 8.84. The third-order valence-electron chi connectivity index (χ3n) is 4.74. The van der Waals surface area contributed by atoms with E-state index in [1.54, 1.807) is 0 Å². The Morgan fingerprint density at radius 2 is 2.21 bits per heavy atom. The minimum absolute atomic E-state index is 0.0539. The first kappa shape index (κ1) is 16.8. The molecule has 1 fully saturated rings. The second-order valence-electron chi connectivity index (χ2n) is 6.72. The number of aromatic nitrogens is 1. The van der Waals surface area contributed by atoms with Crippen LogP contribution in [0.5, 0.6) is 0 Å². The standard InChI is InChI=1S/C19H28N4O/c1-19(10-6-12-24-19)14-23-18(20-2)21-11-5-7-15-13-22-17-9-4-3-8-16(15)17/h3-4,8-9,13,22H,5-7,10-12,14H2,1-2H3,(H2,20,21,23). The minimum Gasteiger partial charge on any atom is -0.373 e. The topological polar surface area (TPSA) is 61.4 Å². The molecule has 1 aromatic carbocycles. The van der Waals surface area contributed by atoms with Crippen LogP contribution in [0.4, 0.5) is 0 Å². The van der Waals surface area contributed by atoms with Gasteiger partial charge in [-0.3, -0.25) is 4.99 Å². The Morgan fingerprint density at radius 3 is 3.00 bits per heavy atom. The first-order chi connectivity index (χ1) is 11.7. The molecule has 3 N–H and O–H groups in total. The summed E-state index contributed by atoms with van der Waals surface area (Å²) in [6.07, 6.45) is 6.49. The van der Waals surface area contributed by atoms with Crippen LogP contribution in [0.25, 0.3) is 10.9 Å². The molecule has 130 valence electrons. The molecule has 5 heteroatoms. The van der Waals surface area contributed by atoms with Gasteiger partial charge in [0.05, 0.1) is 5.60 Å². The molecule has 1 saturated heterocycles. The van der Waals surface area contributed by atoms with Crippen molar-refractivity contribution in [2.24, 2.45) is 4.99 Å². The molecule has 24 heavy (non-hydrogen) atoms. The molecule has 1 aromatic heterocycles. The average Bonchev–Trinajstić information content (AvgIpc) is 3.21. The lowest BCUT2D eigenvalue weighted by Crippen LogP contribution is -2.45. The predicted molar refractivity (Wildman–Crippen MR) is 99.6 cm³/mol. The number of rotatable bonds is 6. The van der Waals surface area contributed by atoms with Gasteiger partial charge in [0.1, 0.15) is 0 Å². The van der Waals surface area contributed by atoms with Crippen LogP contribution >= 0.6 is 0 Å². The molecule has 0 saturated carbocycles. The largest absolute Gasteiger partial charge is 0.373 e. The highest BCUT2D eigenvalue weighted by molar-refractivity contribution is 5.83. The maximum absolute atomic E-state index is 5.80. The van der Waals surface area contributed by atoms with Gasteiger partial charge in [0, 0.05) is 43.8 Å². The molecular formula is C19H28N4O. The average molecular weight is 328 g/mol. The number of aryl methyl sites for hydroxylation is 1. The number of hydrogen-bond acceptors (Lipinski definition) is 2. The first-order valence-electron chi connectivity index (χ1n) is 8.84. The molecule has 0 radical (unpaired) electrons. The molecular weight excluding hydrogens is 300 g/mol. The third kappa shape index (κ3) is 4.09. The zero-order chi connectivity index (χ0) is 16.8. The van der Waals surface area contributed by atoms with E-state index < -0.39 is 0 Å². The van der Waals surface area contributed by atoms with Crippen LogP contribution in [0.15, 0.2) is 35.5 Å². The van der Waals surface area contributed by atoms with Gasteiger partial charge in [0.25, 0.3) is 0 Å². The lowest BCUT2D eigenvalue weighted by atomic mass is 10.0. The number of fused-ring (bicyclic) bond motifs is 1. The Hall–Kier alpha value is -2.01. The van der Waals surface area contributed by atoms with Crippen LogP contribution in [-0.4, -0.2) is 43.3 Å². The van der Waals surface area contributed by atoms with Crippen LogP contribution in [0.3, 0.4) is 0 Å². The molecule has 0 spiro atoms. The van der Waals surface area contributed by atoms with Crippen molar-refractivity contribution in [1.29, 1.82) is 0 Å². The number of nitrogens with one attached hydrogen (secondary N) is 3. The van der Waals surface area contributed by atoms with E-state index in [9.17, 15) is 0 Å². The summed E-state index contributed by atoms with van der Waals surface area (Å²) in [5, 5.41) is 8.10. The van der Waals surface area contributed by atoms with Crippen LogP contribution < -0.4 is 10.6 Å². The summed E-state index contributed by atoms with van der Waals surface area (Å²) in [5.41, 5.74) is 2.53. The molecule has 1 aliphatic rings. The molecule has 0 bridgehead atoms. The van der Waals surface area contributed by atoms with Gasteiger partial charge < -0.3 is 20.4 Å². The van der Waals surface area contributed by atoms with Crippen molar-refractivity contribution in [3.05, 3.63) is 36.0 Å². The van der Waals surface area contributed by atoms with Crippen molar-refractivity contribution in [3.63, 3.8) is 0 Å². The van der Waals surface area contributed by atoms with E-state index in [2.05, 4.69) is 58.0 Å². The number of hydrogen-bond donors (Lipinski definition) is 3. The Labute approximate surface area is 143 Å². The van der Waals surface area contributed by atoms with Gasteiger partial charge in [-0.1, -0.05) is 18.2 Å². The zero-order valence-corrected chi connectivity index (χ0v) is 14.7. The van der Waals surface area contributed by atoms with Gasteiger partial charge in [0.15, 0.2) is 5.96 Å². The van der Waals surface area contributed by atoms with Crippen LogP contribution in [0, 0.1) is 0 Å². The Kier molecular flexibility index (Phi) is 5.41. The molecule has 2 aromatic rings. The van der Waals surface area contributed by atoms with Crippen molar-refractivity contribution in [2.45, 2.75) is 38.2 Å². The van der Waals surface area contributed by atoms with E-state index in [0.29, 0.717) is 0 Å². The van der Waals surface area contributed by atoms with Crippen LogP contribution in [0.1, 0.15) is 31.7 Å². The maximum Gasteiger partial charge on any atom is 0.191 e. The number of guanidine groups is 1. The summed E-state index contributed by atoms with van der Waals surface area (Å²) in [5.74, 6) is 0.852. The fourth-order valence-corrected chi connectivity index (χ4v) is 3.29. The predicted octanol–water partition coefficient (Wildman–Crippen LogP) is 2.83. The van der Waals surface area contributed by atoms with Crippen LogP contribution in [-0.2, 0) is 11.2 Å². The highest BCUT2D eigenvalue weighted by Gasteiger charge is 2.29. The molecule has 5 nitrogen and oxygen atoms in total. The maximum atomic E-state index is 5.80. The second-order valence-corrected chi connectivity index (χ2v) is 6.72. The van der Waals surface area contributed by atoms with Crippen molar-refractivity contribution in [1.82, 2.24) is 15.6 Å². The summed E-state index contributed by atoms with van der Waals surface area (Å²) in [6.45, 7) is 4.73. The van der Waals surface area contributed by atoms with Crippen molar-refractivity contribution >= 4 is 16.9 Å². The molecule has 1 aliphatic heterocycles. The van der Waals surface area contributed by atoms with Crippen LogP contribution in [0.2, 0.25) is 0 Å². The molecule has 1 atom stereocenters. The van der Waals surface area contributed by atoms with E-state index in [1.165, 1.54) is 16.5 Å². The fraction of sp³-hybridized carbons (Fsp3) is 0.526.